The van der Waals surface area contributed by atoms with Gasteiger partial charge in [-0.2, -0.15) is 0 Å². The Balaban J connectivity index is 2.23. The Labute approximate surface area is 146 Å². The second kappa shape index (κ2) is 7.03. The molecule has 1 saturated heterocycles. The molecule has 24 heavy (non-hydrogen) atoms. The van der Waals surface area contributed by atoms with Gasteiger partial charge in [-0.15, -0.1) is 0 Å². The van der Waals surface area contributed by atoms with Crippen LogP contribution in [0.3, 0.4) is 0 Å². The third-order valence-corrected chi connectivity index (χ3v) is 4.63. The summed E-state index contributed by atoms with van der Waals surface area (Å²) in [4.78, 5) is 23.2. The van der Waals surface area contributed by atoms with Crippen LogP contribution in [0.2, 0.25) is 0 Å². The highest BCUT2D eigenvalue weighted by Crippen LogP contribution is 2.44. The highest BCUT2D eigenvalue weighted by molar-refractivity contribution is 5.92. The van der Waals surface area contributed by atoms with E-state index in [1.807, 2.05) is 69.0 Å². The Morgan fingerprint density at radius 2 is 1.88 bits per heavy atom. The fraction of sp³-hybridized carbons (Fsp3) is 0.778. The number of fused-ring (bicyclic) bond motifs is 2. The van der Waals surface area contributed by atoms with Gasteiger partial charge in [0.25, 0.3) is 0 Å². The minimum Gasteiger partial charge on any atom is -0.444 e. The van der Waals surface area contributed by atoms with Crippen LogP contribution in [0.1, 0.15) is 40.0 Å². The van der Waals surface area contributed by atoms with Crippen LogP contribution in [0.25, 0.3) is 0 Å². The lowest BCUT2D eigenvalue weighted by atomic mass is 9.97. The second-order valence-electron chi connectivity index (χ2n) is 8.01. The summed E-state index contributed by atoms with van der Waals surface area (Å²) in [5.41, 5.74) is -0.482. The summed E-state index contributed by atoms with van der Waals surface area (Å²) in [5.74, 6) is 1.39. The molecule has 0 N–H and O–H groups in total. The third kappa shape index (κ3) is 4.02. The number of amides is 1. The van der Waals surface area contributed by atoms with Crippen molar-refractivity contribution in [1.29, 1.82) is 0 Å². The number of hydrogen-bond donors (Lipinski definition) is 0. The zero-order valence-corrected chi connectivity index (χ0v) is 16.1. The van der Waals surface area contributed by atoms with Crippen molar-refractivity contribution in [1.82, 2.24) is 14.7 Å². The van der Waals surface area contributed by atoms with Crippen molar-refractivity contribution in [3.63, 3.8) is 0 Å². The highest BCUT2D eigenvalue weighted by atomic mass is 16.6. The van der Waals surface area contributed by atoms with Crippen molar-refractivity contribution in [2.24, 2.45) is 10.9 Å². The van der Waals surface area contributed by atoms with Gasteiger partial charge in [-0.05, 0) is 46.0 Å². The average molecular weight is 336 g/mol. The molecule has 2 rings (SSSR count). The van der Waals surface area contributed by atoms with Gasteiger partial charge in [-0.1, -0.05) is 0 Å². The fourth-order valence-electron chi connectivity index (χ4n) is 3.71. The van der Waals surface area contributed by atoms with E-state index >= 15 is 0 Å². The summed E-state index contributed by atoms with van der Waals surface area (Å²) in [6.07, 6.45) is 7.02. The number of piperidine rings is 1. The number of likely N-dealkylation sites (N-methyl/N-ethyl adjacent to an activating group) is 1. The molecule has 0 aromatic carbocycles. The molecule has 1 aliphatic carbocycles. The number of hydrogen-bond acceptors (Lipinski definition) is 4. The SMILES string of the molecule is CN=C([C@@H]1[C@H]2CC[C@H](C2)N1C(=O)OC(C)(C)C)N(C)/C=C\N(C)C. The number of carbonyl (C=O) groups excluding carboxylic acids is 1. The number of rotatable bonds is 3. The normalized spacial score (nSPS) is 27.0. The van der Waals surface area contributed by atoms with E-state index in [0.717, 1.165) is 25.1 Å². The molecule has 1 aliphatic heterocycles. The van der Waals surface area contributed by atoms with Gasteiger partial charge in [0.2, 0.25) is 0 Å². The van der Waals surface area contributed by atoms with Crippen LogP contribution in [0, 0.1) is 5.92 Å². The number of carbonyl (C=O) groups is 1. The zero-order valence-electron chi connectivity index (χ0n) is 16.1. The fourth-order valence-corrected chi connectivity index (χ4v) is 3.71. The van der Waals surface area contributed by atoms with Crippen molar-refractivity contribution in [2.75, 3.05) is 28.2 Å². The largest absolute Gasteiger partial charge is 0.444 e. The van der Waals surface area contributed by atoms with Crippen molar-refractivity contribution in [2.45, 2.75) is 57.7 Å². The Morgan fingerprint density at radius 3 is 2.42 bits per heavy atom. The van der Waals surface area contributed by atoms with Crippen LogP contribution in [-0.2, 0) is 4.74 Å². The lowest BCUT2D eigenvalue weighted by Gasteiger charge is -2.38. The van der Waals surface area contributed by atoms with Gasteiger partial charge < -0.3 is 14.5 Å². The quantitative estimate of drug-likeness (QED) is 0.587. The molecule has 0 spiro atoms. The molecule has 6 nitrogen and oxygen atoms in total. The first kappa shape index (κ1) is 18.6. The smallest absolute Gasteiger partial charge is 0.411 e. The summed E-state index contributed by atoms with van der Waals surface area (Å²) < 4.78 is 5.66. The lowest BCUT2D eigenvalue weighted by Crippen LogP contribution is -2.53. The van der Waals surface area contributed by atoms with Gasteiger partial charge in [-0.25, -0.2) is 4.79 Å². The molecule has 3 atom stereocenters. The minimum absolute atomic E-state index is 0.000382. The molecule has 2 aliphatic rings. The van der Waals surface area contributed by atoms with Gasteiger partial charge in [0.1, 0.15) is 11.4 Å². The van der Waals surface area contributed by atoms with Crippen LogP contribution in [0.5, 0.6) is 0 Å². The van der Waals surface area contributed by atoms with E-state index in [1.54, 1.807) is 7.05 Å². The molecule has 0 aromatic heterocycles. The predicted octanol–water partition coefficient (Wildman–Crippen LogP) is 2.77. The van der Waals surface area contributed by atoms with Crippen molar-refractivity contribution >= 4 is 11.9 Å². The number of aliphatic imine (C=N–C) groups is 1. The maximum absolute atomic E-state index is 12.8. The summed E-state index contributed by atoms with van der Waals surface area (Å²) in [6.45, 7) is 5.74. The average Bonchev–Trinajstić information content (AvgIpc) is 3.05. The first-order valence-corrected chi connectivity index (χ1v) is 8.69. The van der Waals surface area contributed by atoms with E-state index < -0.39 is 5.60 Å². The van der Waals surface area contributed by atoms with Gasteiger partial charge in [0.05, 0.1) is 6.04 Å². The van der Waals surface area contributed by atoms with Crippen LogP contribution < -0.4 is 0 Å². The Morgan fingerprint density at radius 1 is 1.21 bits per heavy atom. The van der Waals surface area contributed by atoms with Gasteiger partial charge in [0, 0.05) is 46.6 Å². The molecular weight excluding hydrogens is 304 g/mol. The molecule has 0 radical (unpaired) electrons. The van der Waals surface area contributed by atoms with Gasteiger partial charge >= 0.3 is 6.09 Å². The molecule has 0 aromatic rings. The predicted molar refractivity (Wildman–Crippen MR) is 96.9 cm³/mol. The van der Waals surface area contributed by atoms with E-state index in [2.05, 4.69) is 4.99 Å². The van der Waals surface area contributed by atoms with Crippen LogP contribution in [0.4, 0.5) is 4.79 Å². The van der Waals surface area contributed by atoms with E-state index in [-0.39, 0.29) is 18.2 Å². The van der Waals surface area contributed by atoms with E-state index in [0.29, 0.717) is 5.92 Å². The summed E-state index contributed by atoms with van der Waals surface area (Å²) in [7, 11) is 7.76. The third-order valence-electron chi connectivity index (χ3n) is 4.63. The molecule has 1 saturated carbocycles. The minimum atomic E-state index is -0.482. The van der Waals surface area contributed by atoms with E-state index in [4.69, 9.17) is 4.74 Å². The van der Waals surface area contributed by atoms with Crippen molar-refractivity contribution < 1.29 is 9.53 Å². The summed E-state index contributed by atoms with van der Waals surface area (Å²) in [5, 5.41) is 0. The first-order valence-electron chi connectivity index (χ1n) is 8.69. The lowest BCUT2D eigenvalue weighted by molar-refractivity contribution is 0.0136. The second-order valence-corrected chi connectivity index (χ2v) is 8.01. The molecule has 136 valence electrons. The molecule has 2 fully saturated rings. The molecular formula is C18H32N4O2. The standard InChI is InChI=1S/C18H32N4O2/c1-18(2,3)24-17(23)22-14-9-8-13(12-14)15(22)16(19-4)21(7)11-10-20(5)6/h10-11,13-15H,8-9,12H2,1-7H3/b11-10-,19-16?/t13-,14+,15-/m0/s1. The number of ether oxygens (including phenoxy) is 1. The Hall–Kier alpha value is -1.72. The van der Waals surface area contributed by atoms with Crippen molar-refractivity contribution in [3.05, 3.63) is 12.4 Å². The first-order chi connectivity index (χ1) is 11.1. The van der Waals surface area contributed by atoms with E-state index in [1.165, 1.54) is 0 Å². The maximum atomic E-state index is 12.8. The summed E-state index contributed by atoms with van der Waals surface area (Å²) >= 11 is 0. The van der Waals surface area contributed by atoms with E-state index in [9.17, 15) is 4.79 Å². The topological polar surface area (TPSA) is 48.4 Å². The van der Waals surface area contributed by atoms with Gasteiger partial charge in [0.15, 0.2) is 0 Å². The van der Waals surface area contributed by atoms with Crippen LogP contribution >= 0.6 is 0 Å². The monoisotopic (exact) mass is 336 g/mol. The number of nitrogens with zero attached hydrogens (tertiary/aromatic N) is 4. The van der Waals surface area contributed by atoms with Crippen molar-refractivity contribution in [3.8, 4) is 0 Å². The molecule has 2 bridgehead atoms. The molecule has 0 unspecified atom stereocenters. The van der Waals surface area contributed by atoms with Gasteiger partial charge in [-0.3, -0.25) is 9.89 Å². The maximum Gasteiger partial charge on any atom is 0.411 e. The van der Waals surface area contributed by atoms with Crippen LogP contribution in [0.15, 0.2) is 17.4 Å². The molecule has 6 heteroatoms. The summed E-state index contributed by atoms with van der Waals surface area (Å²) in [6, 6.07) is 0.276. The Bertz CT molecular complexity index is 522. The molecule has 1 heterocycles. The molecule has 1 amide bonds. The number of amidine groups is 1. The number of likely N-dealkylation sites (tertiary alicyclic amines) is 1. The Kier molecular flexibility index (Phi) is 5.45. The van der Waals surface area contributed by atoms with Crippen LogP contribution in [-0.4, -0.2) is 72.5 Å². The zero-order chi connectivity index (χ0) is 18.1. The highest BCUT2D eigenvalue weighted by Gasteiger charge is 2.51.